The second-order valence-corrected chi connectivity index (χ2v) is 7.16. The largest absolute Gasteiger partial charge is 0.377 e. The van der Waals surface area contributed by atoms with E-state index >= 15 is 0 Å². The second-order valence-electron chi connectivity index (χ2n) is 7.16. The molecule has 2 N–H and O–H groups in total. The molecule has 0 aliphatic rings. The molecule has 0 saturated carbocycles. The molecule has 0 aliphatic heterocycles. The molecule has 0 fully saturated rings. The Kier molecular flexibility index (Phi) is 4.34. The zero-order valence-corrected chi connectivity index (χ0v) is 16.3. The van der Waals surface area contributed by atoms with Crippen LogP contribution in [0.1, 0.15) is 24.1 Å². The molecule has 0 amide bonds. The number of H-pyrrole nitrogens is 1. The quantitative estimate of drug-likeness (QED) is 0.439. The summed E-state index contributed by atoms with van der Waals surface area (Å²) in [6.07, 6.45) is 5.14. The summed E-state index contributed by atoms with van der Waals surface area (Å²) < 4.78 is 0. The maximum Gasteiger partial charge on any atom is 0.103 e. The number of aromatic nitrogens is 4. The minimum absolute atomic E-state index is 0.0323. The fourth-order valence-electron chi connectivity index (χ4n) is 3.71. The van der Waals surface area contributed by atoms with Crippen LogP contribution in [0.4, 0.5) is 5.69 Å². The average molecular weight is 390 g/mol. The number of nitriles is 1. The lowest BCUT2D eigenvalue weighted by atomic mass is 10.0. The highest BCUT2D eigenvalue weighted by Gasteiger charge is 2.15. The standard InChI is InChI=1S/C24H18N6/c1-15(16-5-3-2-4-6-16)28-23-18(12-25)13-27-21-8-7-17(11-20(21)23)24-19-9-10-26-14-22(19)29-30-24/h2-11,13-15H,1H3,(H,27,28)(H,29,30). The highest BCUT2D eigenvalue weighted by molar-refractivity contribution is 5.99. The normalized spacial score (nSPS) is 12.0. The number of rotatable bonds is 4. The summed E-state index contributed by atoms with van der Waals surface area (Å²) in [5, 5.41) is 22.6. The van der Waals surface area contributed by atoms with Crippen molar-refractivity contribution < 1.29 is 0 Å². The fourth-order valence-corrected chi connectivity index (χ4v) is 3.71. The van der Waals surface area contributed by atoms with Crippen LogP contribution < -0.4 is 5.32 Å². The molecule has 5 rings (SSSR count). The molecule has 3 aromatic heterocycles. The van der Waals surface area contributed by atoms with Gasteiger partial charge in [-0.05, 0) is 30.7 Å². The van der Waals surface area contributed by atoms with Gasteiger partial charge in [0.15, 0.2) is 0 Å². The third-order valence-electron chi connectivity index (χ3n) is 5.29. The van der Waals surface area contributed by atoms with E-state index in [0.717, 1.165) is 44.3 Å². The van der Waals surface area contributed by atoms with E-state index in [-0.39, 0.29) is 6.04 Å². The molecule has 0 bridgehead atoms. The van der Waals surface area contributed by atoms with E-state index in [1.54, 1.807) is 18.6 Å². The molecule has 6 heteroatoms. The number of nitrogens with zero attached hydrogens (tertiary/aromatic N) is 4. The molecule has 6 nitrogen and oxygen atoms in total. The number of hydrogen-bond acceptors (Lipinski definition) is 5. The first kappa shape index (κ1) is 17.8. The van der Waals surface area contributed by atoms with Crippen LogP contribution >= 0.6 is 0 Å². The maximum absolute atomic E-state index is 9.70. The van der Waals surface area contributed by atoms with Gasteiger partial charge in [0.25, 0.3) is 0 Å². The number of nitrogens with one attached hydrogen (secondary N) is 2. The first-order valence-corrected chi connectivity index (χ1v) is 9.67. The van der Waals surface area contributed by atoms with Crippen molar-refractivity contribution in [3.05, 3.63) is 84.3 Å². The van der Waals surface area contributed by atoms with Gasteiger partial charge in [-0.2, -0.15) is 10.4 Å². The summed E-state index contributed by atoms with van der Waals surface area (Å²) in [6.45, 7) is 2.08. The Morgan fingerprint density at radius 3 is 2.73 bits per heavy atom. The van der Waals surface area contributed by atoms with Crippen LogP contribution in [-0.2, 0) is 0 Å². The lowest BCUT2D eigenvalue weighted by Crippen LogP contribution is -2.08. The second kappa shape index (κ2) is 7.30. The van der Waals surface area contributed by atoms with E-state index in [0.29, 0.717) is 5.56 Å². The van der Waals surface area contributed by atoms with E-state index in [4.69, 9.17) is 0 Å². The van der Waals surface area contributed by atoms with E-state index in [2.05, 4.69) is 50.6 Å². The molecule has 0 aliphatic carbocycles. The van der Waals surface area contributed by atoms with Crippen LogP contribution in [0.15, 0.2) is 73.2 Å². The molecule has 30 heavy (non-hydrogen) atoms. The Hall–Kier alpha value is -4.24. The SMILES string of the molecule is CC(Nc1c(C#N)cnc2ccc(-c3n[nH]c4cnccc34)cc12)c1ccccc1. The summed E-state index contributed by atoms with van der Waals surface area (Å²) in [4.78, 5) is 8.62. The van der Waals surface area contributed by atoms with Gasteiger partial charge in [-0.15, -0.1) is 0 Å². The van der Waals surface area contributed by atoms with Crippen LogP contribution in [0, 0.1) is 11.3 Å². The van der Waals surface area contributed by atoms with Gasteiger partial charge in [0.05, 0.1) is 28.5 Å². The predicted octanol–water partition coefficient (Wildman–Crippen LogP) is 5.22. The van der Waals surface area contributed by atoms with Crippen molar-refractivity contribution in [1.82, 2.24) is 20.2 Å². The van der Waals surface area contributed by atoms with Crippen molar-refractivity contribution in [2.45, 2.75) is 13.0 Å². The van der Waals surface area contributed by atoms with Crippen LogP contribution in [0.2, 0.25) is 0 Å². The van der Waals surface area contributed by atoms with Crippen LogP contribution in [-0.4, -0.2) is 20.2 Å². The number of hydrogen-bond donors (Lipinski definition) is 2. The van der Waals surface area contributed by atoms with E-state index < -0.39 is 0 Å². The monoisotopic (exact) mass is 390 g/mol. The van der Waals surface area contributed by atoms with Crippen molar-refractivity contribution in [2.24, 2.45) is 0 Å². The number of fused-ring (bicyclic) bond motifs is 2. The maximum atomic E-state index is 9.70. The average Bonchev–Trinajstić information content (AvgIpc) is 3.24. The zero-order valence-electron chi connectivity index (χ0n) is 16.3. The van der Waals surface area contributed by atoms with Gasteiger partial charge >= 0.3 is 0 Å². The van der Waals surface area contributed by atoms with Crippen LogP contribution in [0.25, 0.3) is 33.1 Å². The highest BCUT2D eigenvalue weighted by atomic mass is 15.1. The molecule has 1 atom stereocenters. The molecule has 0 radical (unpaired) electrons. The fraction of sp³-hybridized carbons (Fsp3) is 0.0833. The summed E-state index contributed by atoms with van der Waals surface area (Å²) in [6, 6.07) is 20.4. The molecule has 0 saturated heterocycles. The Morgan fingerprint density at radius 1 is 1.03 bits per heavy atom. The lowest BCUT2D eigenvalue weighted by molar-refractivity contribution is 0.885. The topological polar surface area (TPSA) is 90.3 Å². The van der Waals surface area contributed by atoms with Crippen LogP contribution in [0.5, 0.6) is 0 Å². The van der Waals surface area contributed by atoms with E-state index in [1.165, 1.54) is 0 Å². The molecule has 2 aromatic carbocycles. The zero-order chi connectivity index (χ0) is 20.5. The first-order chi connectivity index (χ1) is 14.7. The summed E-state index contributed by atoms with van der Waals surface area (Å²) in [5.41, 5.74) is 5.94. The van der Waals surface area contributed by atoms with E-state index in [1.807, 2.05) is 42.5 Å². The van der Waals surface area contributed by atoms with Crippen molar-refractivity contribution in [2.75, 3.05) is 5.32 Å². The van der Waals surface area contributed by atoms with Crippen molar-refractivity contribution in [3.8, 4) is 17.3 Å². The third kappa shape index (κ3) is 3.03. The van der Waals surface area contributed by atoms with Gasteiger partial charge < -0.3 is 5.32 Å². The van der Waals surface area contributed by atoms with Gasteiger partial charge in [-0.3, -0.25) is 15.1 Å². The summed E-state index contributed by atoms with van der Waals surface area (Å²) in [5.74, 6) is 0. The van der Waals surface area contributed by atoms with Crippen molar-refractivity contribution >= 4 is 27.5 Å². The molecule has 5 aromatic rings. The Bertz CT molecular complexity index is 1400. The molecule has 0 spiro atoms. The molecular weight excluding hydrogens is 372 g/mol. The summed E-state index contributed by atoms with van der Waals surface area (Å²) in [7, 11) is 0. The van der Waals surface area contributed by atoms with Gasteiger partial charge in [0, 0.05) is 34.8 Å². The lowest BCUT2D eigenvalue weighted by Gasteiger charge is -2.18. The van der Waals surface area contributed by atoms with Gasteiger partial charge in [-0.25, -0.2) is 0 Å². The van der Waals surface area contributed by atoms with Gasteiger partial charge in [0.2, 0.25) is 0 Å². The Labute approximate surface area is 173 Å². The minimum atomic E-state index is 0.0323. The predicted molar refractivity (Wildman–Crippen MR) is 118 cm³/mol. The van der Waals surface area contributed by atoms with Gasteiger partial charge in [-0.1, -0.05) is 36.4 Å². The first-order valence-electron chi connectivity index (χ1n) is 9.67. The highest BCUT2D eigenvalue weighted by Crippen LogP contribution is 2.34. The number of aromatic amines is 1. The Balaban J connectivity index is 1.65. The summed E-state index contributed by atoms with van der Waals surface area (Å²) >= 11 is 0. The molecule has 1 unspecified atom stereocenters. The number of pyridine rings is 2. The molecule has 3 heterocycles. The van der Waals surface area contributed by atoms with Crippen molar-refractivity contribution in [3.63, 3.8) is 0 Å². The molecule has 144 valence electrons. The third-order valence-corrected chi connectivity index (χ3v) is 5.29. The smallest absolute Gasteiger partial charge is 0.103 e. The minimum Gasteiger partial charge on any atom is -0.377 e. The number of anilines is 1. The van der Waals surface area contributed by atoms with E-state index in [9.17, 15) is 5.26 Å². The Morgan fingerprint density at radius 2 is 1.90 bits per heavy atom. The van der Waals surface area contributed by atoms with Crippen molar-refractivity contribution in [1.29, 1.82) is 5.26 Å². The molecular formula is C24H18N6. The van der Waals surface area contributed by atoms with Crippen LogP contribution in [0.3, 0.4) is 0 Å². The number of benzene rings is 2. The van der Waals surface area contributed by atoms with Gasteiger partial charge in [0.1, 0.15) is 11.8 Å².